The molecule has 0 aromatic heterocycles. The van der Waals surface area contributed by atoms with E-state index in [4.69, 9.17) is 14.2 Å². The number of Topliss-reactive ketones (excluding diaryl/α,β-unsaturated/α-hetero) is 1. The topological polar surface area (TPSA) is 44.8 Å². The molecule has 1 heterocycles. The van der Waals surface area contributed by atoms with Crippen LogP contribution in [0.5, 0.6) is 5.75 Å². The molecule has 126 valence electrons. The van der Waals surface area contributed by atoms with Crippen molar-refractivity contribution >= 4 is 5.78 Å². The summed E-state index contributed by atoms with van der Waals surface area (Å²) < 4.78 is 17.0. The molecule has 0 saturated carbocycles. The summed E-state index contributed by atoms with van der Waals surface area (Å²) in [7, 11) is 1.63. The van der Waals surface area contributed by atoms with Gasteiger partial charge in [0.1, 0.15) is 11.9 Å². The van der Waals surface area contributed by atoms with Crippen molar-refractivity contribution in [1.29, 1.82) is 0 Å². The minimum absolute atomic E-state index is 0.0884. The van der Waals surface area contributed by atoms with Gasteiger partial charge < -0.3 is 14.2 Å². The fourth-order valence-electron chi connectivity index (χ4n) is 2.94. The molecule has 2 aromatic rings. The van der Waals surface area contributed by atoms with Crippen LogP contribution in [-0.4, -0.2) is 25.1 Å². The average molecular weight is 326 g/mol. The highest BCUT2D eigenvalue weighted by Crippen LogP contribution is 2.31. The fourth-order valence-corrected chi connectivity index (χ4v) is 2.94. The maximum atomic E-state index is 12.5. The maximum Gasteiger partial charge on any atom is 0.167 e. The van der Waals surface area contributed by atoms with E-state index in [1.165, 1.54) is 0 Å². The molecule has 1 saturated heterocycles. The first kappa shape index (κ1) is 16.7. The number of carbonyl (C=O) groups excluding carboxylic acids is 1. The normalized spacial score (nSPS) is 23.9. The van der Waals surface area contributed by atoms with Gasteiger partial charge in [-0.25, -0.2) is 0 Å². The van der Waals surface area contributed by atoms with Crippen molar-refractivity contribution in [3.63, 3.8) is 0 Å². The predicted molar refractivity (Wildman–Crippen MR) is 90.9 cm³/mol. The molecule has 3 atom stereocenters. The lowest BCUT2D eigenvalue weighted by Crippen LogP contribution is -2.42. The highest BCUT2D eigenvalue weighted by Gasteiger charge is 2.36. The number of rotatable bonds is 5. The van der Waals surface area contributed by atoms with Gasteiger partial charge in [-0.15, -0.1) is 0 Å². The van der Waals surface area contributed by atoms with Crippen molar-refractivity contribution in [3.05, 3.63) is 65.7 Å². The number of hydrogen-bond acceptors (Lipinski definition) is 4. The molecule has 4 nitrogen and oxygen atoms in total. The number of carbonyl (C=O) groups is 1. The second-order valence-corrected chi connectivity index (χ2v) is 5.99. The van der Waals surface area contributed by atoms with Crippen LogP contribution in [0.1, 0.15) is 30.6 Å². The van der Waals surface area contributed by atoms with Crippen LogP contribution in [0.25, 0.3) is 0 Å². The van der Waals surface area contributed by atoms with Crippen LogP contribution in [-0.2, 0) is 20.9 Å². The van der Waals surface area contributed by atoms with E-state index < -0.39 is 6.10 Å². The van der Waals surface area contributed by atoms with Crippen LogP contribution in [0.3, 0.4) is 0 Å². The van der Waals surface area contributed by atoms with E-state index in [1.54, 1.807) is 7.11 Å². The van der Waals surface area contributed by atoms with E-state index in [1.807, 2.05) is 61.5 Å². The minimum Gasteiger partial charge on any atom is -0.497 e. The summed E-state index contributed by atoms with van der Waals surface area (Å²) in [5.41, 5.74) is 2.03. The first-order valence-corrected chi connectivity index (χ1v) is 8.15. The Balaban J connectivity index is 1.62. The van der Waals surface area contributed by atoms with E-state index in [9.17, 15) is 4.79 Å². The summed E-state index contributed by atoms with van der Waals surface area (Å²) in [6, 6.07) is 17.5. The molecule has 0 unspecified atom stereocenters. The quantitative estimate of drug-likeness (QED) is 0.840. The molecule has 1 aliphatic heterocycles. The van der Waals surface area contributed by atoms with E-state index >= 15 is 0 Å². The summed E-state index contributed by atoms with van der Waals surface area (Å²) >= 11 is 0. The van der Waals surface area contributed by atoms with Gasteiger partial charge in [0, 0.05) is 6.42 Å². The molecule has 0 aliphatic carbocycles. The monoisotopic (exact) mass is 326 g/mol. The van der Waals surface area contributed by atoms with E-state index in [2.05, 4.69) is 0 Å². The van der Waals surface area contributed by atoms with E-state index in [0.29, 0.717) is 13.0 Å². The lowest BCUT2D eigenvalue weighted by Gasteiger charge is -2.33. The van der Waals surface area contributed by atoms with Gasteiger partial charge in [0.25, 0.3) is 0 Å². The van der Waals surface area contributed by atoms with Gasteiger partial charge in [0.15, 0.2) is 5.78 Å². The summed E-state index contributed by atoms with van der Waals surface area (Å²) in [5, 5.41) is 0. The van der Waals surface area contributed by atoms with Gasteiger partial charge >= 0.3 is 0 Å². The number of ether oxygens (including phenoxy) is 3. The van der Waals surface area contributed by atoms with Crippen molar-refractivity contribution in [2.75, 3.05) is 7.11 Å². The van der Waals surface area contributed by atoms with Crippen LogP contribution < -0.4 is 4.74 Å². The molecule has 2 aromatic carbocycles. The van der Waals surface area contributed by atoms with Gasteiger partial charge in [-0.1, -0.05) is 42.5 Å². The van der Waals surface area contributed by atoms with Crippen LogP contribution >= 0.6 is 0 Å². The molecule has 24 heavy (non-hydrogen) atoms. The highest BCUT2D eigenvalue weighted by atomic mass is 16.6. The third-order valence-electron chi connectivity index (χ3n) is 4.27. The molecular formula is C20H22O4. The largest absolute Gasteiger partial charge is 0.497 e. The lowest BCUT2D eigenvalue weighted by molar-refractivity contribution is -0.166. The van der Waals surface area contributed by atoms with Crippen LogP contribution in [0, 0.1) is 0 Å². The van der Waals surface area contributed by atoms with Gasteiger partial charge in [-0.2, -0.15) is 0 Å². The Morgan fingerprint density at radius 1 is 1.08 bits per heavy atom. The predicted octanol–water partition coefficient (Wildman–Crippen LogP) is 3.70. The van der Waals surface area contributed by atoms with Crippen LogP contribution in [0.2, 0.25) is 0 Å². The van der Waals surface area contributed by atoms with Crippen molar-refractivity contribution in [2.24, 2.45) is 0 Å². The molecule has 0 bridgehead atoms. The smallest absolute Gasteiger partial charge is 0.167 e. The zero-order chi connectivity index (χ0) is 16.9. The second kappa shape index (κ2) is 7.60. The van der Waals surface area contributed by atoms with Gasteiger partial charge in [-0.3, -0.25) is 4.79 Å². The number of ketones is 1. The Morgan fingerprint density at radius 2 is 1.79 bits per heavy atom. The Kier molecular flexibility index (Phi) is 5.28. The van der Waals surface area contributed by atoms with Crippen molar-refractivity contribution in [2.45, 2.75) is 38.3 Å². The van der Waals surface area contributed by atoms with Crippen molar-refractivity contribution in [1.82, 2.24) is 0 Å². The zero-order valence-electron chi connectivity index (χ0n) is 14.0. The molecule has 3 rings (SSSR count). The first-order chi connectivity index (χ1) is 11.7. The van der Waals surface area contributed by atoms with Gasteiger partial charge in [-0.05, 0) is 30.2 Å². The van der Waals surface area contributed by atoms with E-state index in [0.717, 1.165) is 16.9 Å². The summed E-state index contributed by atoms with van der Waals surface area (Å²) in [6.45, 7) is 2.31. The average Bonchev–Trinajstić information content (AvgIpc) is 2.62. The van der Waals surface area contributed by atoms with Crippen LogP contribution in [0.4, 0.5) is 0 Å². The third kappa shape index (κ3) is 3.83. The molecule has 0 amide bonds. The maximum absolute atomic E-state index is 12.5. The molecule has 1 aliphatic rings. The lowest BCUT2D eigenvalue weighted by atomic mass is 9.95. The summed E-state index contributed by atoms with van der Waals surface area (Å²) in [6.07, 6.45) is -0.687. The minimum atomic E-state index is -0.514. The number of benzene rings is 2. The Morgan fingerprint density at radius 3 is 2.42 bits per heavy atom. The Hall–Kier alpha value is -2.17. The van der Waals surface area contributed by atoms with Crippen molar-refractivity contribution in [3.8, 4) is 5.75 Å². The first-order valence-electron chi connectivity index (χ1n) is 8.15. The molecule has 0 radical (unpaired) electrons. The Labute approximate surface area is 142 Å². The number of hydrogen-bond donors (Lipinski definition) is 0. The second-order valence-electron chi connectivity index (χ2n) is 5.99. The van der Waals surface area contributed by atoms with Gasteiger partial charge in [0.05, 0.1) is 25.9 Å². The summed E-state index contributed by atoms with van der Waals surface area (Å²) in [4.78, 5) is 12.5. The highest BCUT2D eigenvalue weighted by molar-refractivity contribution is 5.85. The molecule has 0 N–H and O–H groups in total. The standard InChI is InChI=1S/C20H22O4/c1-14-20(23-13-15-6-4-3-5-7-15)18(21)12-19(24-14)16-8-10-17(22-2)11-9-16/h3-11,14,19-20H,12-13H2,1-2H3/t14-,19+,20-/m0/s1. The van der Waals surface area contributed by atoms with Crippen LogP contribution in [0.15, 0.2) is 54.6 Å². The molecule has 0 spiro atoms. The zero-order valence-corrected chi connectivity index (χ0v) is 14.0. The van der Waals surface area contributed by atoms with E-state index in [-0.39, 0.29) is 18.0 Å². The number of methoxy groups -OCH3 is 1. The molecular weight excluding hydrogens is 304 g/mol. The Bertz CT molecular complexity index is 666. The summed E-state index contributed by atoms with van der Waals surface area (Å²) in [5.74, 6) is 0.878. The third-order valence-corrected chi connectivity index (χ3v) is 4.27. The molecule has 4 heteroatoms. The van der Waals surface area contributed by atoms with Gasteiger partial charge in [0.2, 0.25) is 0 Å². The molecule has 1 fully saturated rings. The van der Waals surface area contributed by atoms with Crippen molar-refractivity contribution < 1.29 is 19.0 Å². The SMILES string of the molecule is COc1ccc([C@H]2CC(=O)[C@@H](OCc3ccccc3)[C@H](C)O2)cc1. The fraction of sp³-hybridized carbons (Fsp3) is 0.350.